The summed E-state index contributed by atoms with van der Waals surface area (Å²) in [4.78, 5) is 15.5. The summed E-state index contributed by atoms with van der Waals surface area (Å²) >= 11 is 5.82. The number of carbonyl (C=O) groups is 1. The van der Waals surface area contributed by atoms with Gasteiger partial charge >= 0.3 is 6.03 Å². The van der Waals surface area contributed by atoms with E-state index in [9.17, 15) is 9.90 Å². The van der Waals surface area contributed by atoms with Crippen molar-refractivity contribution < 1.29 is 9.90 Å². The molecule has 106 valence electrons. The van der Waals surface area contributed by atoms with Gasteiger partial charge in [0.15, 0.2) is 5.15 Å². The second-order valence-electron chi connectivity index (χ2n) is 4.14. The number of rotatable bonds is 4. The first-order valence-electron chi connectivity index (χ1n) is 5.88. The number of aliphatic hydroxyl groups excluding tert-OH is 1. The lowest BCUT2D eigenvalue weighted by molar-refractivity contribution is 0.175. The van der Waals surface area contributed by atoms with Crippen LogP contribution in [-0.2, 0) is 7.05 Å². The van der Waals surface area contributed by atoms with Crippen molar-refractivity contribution in [3.63, 3.8) is 0 Å². The molecule has 0 spiro atoms. The van der Waals surface area contributed by atoms with Crippen LogP contribution in [-0.4, -0.2) is 32.4 Å². The SMILES string of the molecule is Cn1cc([C@H](O)CNC(=O)Nc2cccnc2Cl)cn1. The summed E-state index contributed by atoms with van der Waals surface area (Å²) in [7, 11) is 1.75. The molecule has 7 nitrogen and oxygen atoms in total. The smallest absolute Gasteiger partial charge is 0.319 e. The third-order valence-corrected chi connectivity index (χ3v) is 2.87. The van der Waals surface area contributed by atoms with Crippen LogP contribution >= 0.6 is 11.6 Å². The van der Waals surface area contributed by atoms with Crippen LogP contribution in [0.15, 0.2) is 30.7 Å². The number of nitrogens with zero attached hydrogens (tertiary/aromatic N) is 3. The molecular formula is C12H14ClN5O2. The van der Waals surface area contributed by atoms with Gasteiger partial charge in [0.25, 0.3) is 0 Å². The molecule has 8 heteroatoms. The van der Waals surface area contributed by atoms with Crippen LogP contribution in [0.25, 0.3) is 0 Å². The Balaban J connectivity index is 1.85. The van der Waals surface area contributed by atoms with Crippen molar-refractivity contribution >= 4 is 23.3 Å². The molecule has 3 N–H and O–H groups in total. The normalized spacial score (nSPS) is 11.9. The molecule has 2 aromatic rings. The summed E-state index contributed by atoms with van der Waals surface area (Å²) in [6, 6.07) is 2.82. The van der Waals surface area contributed by atoms with Gasteiger partial charge in [0.2, 0.25) is 0 Å². The molecule has 0 aromatic carbocycles. The standard InChI is InChI=1S/C12H14ClN5O2/c1-18-7-8(5-16-18)10(19)6-15-12(20)17-9-3-2-4-14-11(9)13/h2-5,7,10,19H,6H2,1H3,(H2,15,17,20)/t10-/m1/s1. The molecule has 1 atom stereocenters. The highest BCUT2D eigenvalue weighted by atomic mass is 35.5. The number of carbonyl (C=O) groups excluding carboxylic acids is 1. The molecule has 0 bridgehead atoms. The topological polar surface area (TPSA) is 92.1 Å². The minimum atomic E-state index is -0.821. The van der Waals surface area contributed by atoms with E-state index in [-0.39, 0.29) is 11.7 Å². The van der Waals surface area contributed by atoms with E-state index in [1.54, 1.807) is 36.3 Å². The largest absolute Gasteiger partial charge is 0.386 e. The molecule has 0 saturated heterocycles. The van der Waals surface area contributed by atoms with E-state index in [0.717, 1.165) is 0 Å². The lowest BCUT2D eigenvalue weighted by Gasteiger charge is -2.11. The first kappa shape index (κ1) is 14.3. The molecule has 0 fully saturated rings. The molecule has 2 rings (SSSR count). The monoisotopic (exact) mass is 295 g/mol. The van der Waals surface area contributed by atoms with Gasteiger partial charge in [-0.25, -0.2) is 9.78 Å². The lowest BCUT2D eigenvalue weighted by Crippen LogP contribution is -2.32. The number of pyridine rings is 1. The number of anilines is 1. The van der Waals surface area contributed by atoms with Gasteiger partial charge in [0.05, 0.1) is 18.0 Å². The molecular weight excluding hydrogens is 282 g/mol. The number of urea groups is 1. The number of amides is 2. The van der Waals surface area contributed by atoms with Crippen molar-refractivity contribution in [1.29, 1.82) is 0 Å². The lowest BCUT2D eigenvalue weighted by atomic mass is 10.2. The second-order valence-corrected chi connectivity index (χ2v) is 4.50. The van der Waals surface area contributed by atoms with Crippen LogP contribution in [0.2, 0.25) is 5.15 Å². The Morgan fingerprint density at radius 3 is 3.05 bits per heavy atom. The van der Waals surface area contributed by atoms with Crippen molar-refractivity contribution in [3.8, 4) is 0 Å². The molecule has 0 radical (unpaired) electrons. The molecule has 0 aliphatic rings. The van der Waals surface area contributed by atoms with Crippen LogP contribution in [0, 0.1) is 0 Å². The average Bonchev–Trinajstić information content (AvgIpc) is 2.85. The molecule has 2 amide bonds. The first-order chi connectivity index (χ1) is 9.56. The zero-order valence-corrected chi connectivity index (χ0v) is 11.5. The number of aromatic nitrogens is 3. The third-order valence-electron chi connectivity index (χ3n) is 2.57. The van der Waals surface area contributed by atoms with Gasteiger partial charge in [0.1, 0.15) is 0 Å². The third kappa shape index (κ3) is 3.69. The highest BCUT2D eigenvalue weighted by molar-refractivity contribution is 6.32. The Morgan fingerprint density at radius 2 is 2.40 bits per heavy atom. The molecule has 0 aliphatic heterocycles. The Hall–Kier alpha value is -2.12. The van der Waals surface area contributed by atoms with E-state index in [1.165, 1.54) is 6.20 Å². The van der Waals surface area contributed by atoms with Gasteiger partial charge in [-0.05, 0) is 12.1 Å². The van der Waals surface area contributed by atoms with Crippen molar-refractivity contribution in [1.82, 2.24) is 20.1 Å². The van der Waals surface area contributed by atoms with Gasteiger partial charge in [-0.15, -0.1) is 0 Å². The summed E-state index contributed by atoms with van der Waals surface area (Å²) < 4.78 is 1.58. The van der Waals surface area contributed by atoms with E-state index in [2.05, 4.69) is 20.7 Å². The van der Waals surface area contributed by atoms with E-state index >= 15 is 0 Å². The number of halogens is 1. The fraction of sp³-hybridized carbons (Fsp3) is 0.250. The summed E-state index contributed by atoms with van der Waals surface area (Å²) in [5, 5.41) is 19.1. The Bertz CT molecular complexity index is 601. The first-order valence-corrected chi connectivity index (χ1v) is 6.26. The molecule has 2 heterocycles. The zero-order valence-electron chi connectivity index (χ0n) is 10.7. The minimum Gasteiger partial charge on any atom is -0.386 e. The van der Waals surface area contributed by atoms with E-state index in [0.29, 0.717) is 11.3 Å². The van der Waals surface area contributed by atoms with Crippen molar-refractivity contribution in [3.05, 3.63) is 41.4 Å². The summed E-state index contributed by atoms with van der Waals surface area (Å²) in [6.45, 7) is 0.0649. The van der Waals surface area contributed by atoms with Gasteiger partial charge in [0, 0.05) is 31.5 Å². The molecule has 0 unspecified atom stereocenters. The fourth-order valence-electron chi connectivity index (χ4n) is 1.57. The second kappa shape index (κ2) is 6.36. The van der Waals surface area contributed by atoms with E-state index < -0.39 is 12.1 Å². The maximum absolute atomic E-state index is 11.7. The van der Waals surface area contributed by atoms with Crippen LogP contribution in [0.3, 0.4) is 0 Å². The number of aryl methyl sites for hydroxylation is 1. The van der Waals surface area contributed by atoms with Crippen LogP contribution < -0.4 is 10.6 Å². The fourth-order valence-corrected chi connectivity index (χ4v) is 1.73. The quantitative estimate of drug-likeness (QED) is 0.742. The van der Waals surface area contributed by atoms with Crippen molar-refractivity contribution in [2.75, 3.05) is 11.9 Å². The number of hydrogen-bond donors (Lipinski definition) is 3. The Labute approximate surface area is 120 Å². The minimum absolute atomic E-state index is 0.0649. The molecule has 0 saturated carbocycles. The number of aliphatic hydroxyl groups is 1. The van der Waals surface area contributed by atoms with Crippen LogP contribution in [0.5, 0.6) is 0 Å². The highest BCUT2D eigenvalue weighted by Crippen LogP contribution is 2.17. The van der Waals surface area contributed by atoms with Crippen molar-refractivity contribution in [2.45, 2.75) is 6.10 Å². The maximum atomic E-state index is 11.7. The van der Waals surface area contributed by atoms with Crippen LogP contribution in [0.1, 0.15) is 11.7 Å². The molecule has 2 aromatic heterocycles. The van der Waals surface area contributed by atoms with Gasteiger partial charge in [-0.3, -0.25) is 4.68 Å². The number of hydrogen-bond acceptors (Lipinski definition) is 4. The molecule has 0 aliphatic carbocycles. The predicted molar refractivity (Wildman–Crippen MR) is 74.4 cm³/mol. The van der Waals surface area contributed by atoms with Gasteiger partial charge in [-0.2, -0.15) is 5.10 Å². The summed E-state index contributed by atoms with van der Waals surface area (Å²) in [5.74, 6) is 0. The predicted octanol–water partition coefficient (Wildman–Crippen LogP) is 1.32. The summed E-state index contributed by atoms with van der Waals surface area (Å²) in [6.07, 6.45) is 3.93. The van der Waals surface area contributed by atoms with Gasteiger partial charge < -0.3 is 15.7 Å². The number of nitrogens with one attached hydrogen (secondary N) is 2. The molecule has 20 heavy (non-hydrogen) atoms. The van der Waals surface area contributed by atoms with E-state index in [4.69, 9.17) is 11.6 Å². The zero-order chi connectivity index (χ0) is 14.5. The summed E-state index contributed by atoms with van der Waals surface area (Å²) in [5.41, 5.74) is 1.04. The van der Waals surface area contributed by atoms with E-state index in [1.807, 2.05) is 0 Å². The van der Waals surface area contributed by atoms with Crippen molar-refractivity contribution in [2.24, 2.45) is 7.05 Å². The average molecular weight is 296 g/mol. The highest BCUT2D eigenvalue weighted by Gasteiger charge is 2.12. The Morgan fingerprint density at radius 1 is 1.60 bits per heavy atom. The van der Waals surface area contributed by atoms with Gasteiger partial charge in [-0.1, -0.05) is 11.6 Å². The van der Waals surface area contributed by atoms with Crippen LogP contribution in [0.4, 0.5) is 10.5 Å². The Kier molecular flexibility index (Phi) is 4.54. The maximum Gasteiger partial charge on any atom is 0.319 e.